The van der Waals surface area contributed by atoms with Crippen molar-refractivity contribution in [3.63, 3.8) is 0 Å². The first-order valence-corrected chi connectivity index (χ1v) is 4.72. The zero-order valence-corrected chi connectivity index (χ0v) is 8.73. The van der Waals surface area contributed by atoms with Crippen LogP contribution in [-0.2, 0) is 14.3 Å². The molecular weight excluding hydrogens is 192 g/mol. The van der Waals surface area contributed by atoms with Crippen molar-refractivity contribution >= 4 is 5.97 Å². The molecule has 0 aliphatic carbocycles. The summed E-state index contributed by atoms with van der Waals surface area (Å²) >= 11 is 0. The third kappa shape index (κ3) is 3.36. The molecule has 15 heavy (non-hydrogen) atoms. The van der Waals surface area contributed by atoms with E-state index in [9.17, 15) is 4.79 Å². The number of carbonyl (C=O) groups excluding carboxylic acids is 1. The number of benzene rings is 1. The number of esters is 1. The van der Waals surface area contributed by atoms with E-state index < -0.39 is 5.97 Å². The van der Waals surface area contributed by atoms with Crippen molar-refractivity contribution in [1.82, 2.24) is 0 Å². The summed E-state index contributed by atoms with van der Waals surface area (Å²) in [5.74, 6) is -0.463. The first-order chi connectivity index (χ1) is 7.29. The summed E-state index contributed by atoms with van der Waals surface area (Å²) in [5.41, 5.74) is 0.720. The van der Waals surface area contributed by atoms with Crippen molar-refractivity contribution in [3.8, 4) is 0 Å². The lowest BCUT2D eigenvalue weighted by atomic mass is 10.1. The summed E-state index contributed by atoms with van der Waals surface area (Å²) in [4.78, 5) is 11.4. The van der Waals surface area contributed by atoms with E-state index in [0.717, 1.165) is 5.56 Å². The first kappa shape index (κ1) is 11.7. The molecule has 0 saturated carbocycles. The maximum Gasteiger partial charge on any atom is 0.347 e. The van der Waals surface area contributed by atoms with Crippen LogP contribution in [0, 0.1) is 13.0 Å². The molecule has 0 amide bonds. The van der Waals surface area contributed by atoms with Gasteiger partial charge in [-0.25, -0.2) is 4.79 Å². The summed E-state index contributed by atoms with van der Waals surface area (Å²) in [6.07, 6.45) is 0.842. The molecule has 1 aromatic rings. The molecule has 0 fully saturated rings. The molecule has 0 unspecified atom stereocenters. The van der Waals surface area contributed by atoms with Crippen LogP contribution in [0.1, 0.15) is 12.0 Å². The maximum atomic E-state index is 11.4. The third-order valence-electron chi connectivity index (χ3n) is 1.80. The molecule has 0 N–H and O–H groups in total. The summed E-state index contributed by atoms with van der Waals surface area (Å²) < 4.78 is 9.95. The average molecular weight is 206 g/mol. The number of methoxy groups -OCH3 is 1. The van der Waals surface area contributed by atoms with Gasteiger partial charge in [-0.2, -0.15) is 0 Å². The van der Waals surface area contributed by atoms with Gasteiger partial charge in [0, 0.05) is 6.61 Å². The normalized spacial score (nSPS) is 10.3. The molecule has 1 rings (SSSR count). The number of ether oxygens (including phenoxy) is 2. The maximum absolute atomic E-state index is 11.4. The third-order valence-corrected chi connectivity index (χ3v) is 1.80. The van der Waals surface area contributed by atoms with Crippen LogP contribution in [0.5, 0.6) is 0 Å². The van der Waals surface area contributed by atoms with Crippen LogP contribution in [0.4, 0.5) is 0 Å². The number of carbonyl (C=O) groups is 1. The van der Waals surface area contributed by atoms with Gasteiger partial charge in [0.2, 0.25) is 6.10 Å². The topological polar surface area (TPSA) is 35.5 Å². The molecule has 3 heteroatoms. The Balaban J connectivity index is 2.76. The molecule has 2 radical (unpaired) electrons. The Hall–Kier alpha value is -1.35. The van der Waals surface area contributed by atoms with E-state index in [1.165, 1.54) is 7.11 Å². The van der Waals surface area contributed by atoms with Crippen molar-refractivity contribution < 1.29 is 14.3 Å². The molecule has 0 aromatic heterocycles. The molecule has 1 aromatic carbocycles. The van der Waals surface area contributed by atoms with Crippen molar-refractivity contribution in [2.75, 3.05) is 13.7 Å². The van der Waals surface area contributed by atoms with Gasteiger partial charge in [0.1, 0.15) is 0 Å². The Bertz CT molecular complexity index is 295. The van der Waals surface area contributed by atoms with Gasteiger partial charge in [-0.1, -0.05) is 37.3 Å². The van der Waals surface area contributed by atoms with Crippen molar-refractivity contribution in [2.45, 2.75) is 6.42 Å². The lowest BCUT2D eigenvalue weighted by molar-refractivity contribution is -0.143. The Morgan fingerprint density at radius 3 is 2.53 bits per heavy atom. The van der Waals surface area contributed by atoms with Crippen molar-refractivity contribution in [1.29, 1.82) is 0 Å². The van der Waals surface area contributed by atoms with Gasteiger partial charge < -0.3 is 9.47 Å². The number of hydrogen-bond acceptors (Lipinski definition) is 3. The highest BCUT2D eigenvalue weighted by Crippen LogP contribution is 2.17. The Morgan fingerprint density at radius 1 is 1.33 bits per heavy atom. The fourth-order valence-electron chi connectivity index (χ4n) is 1.12. The van der Waals surface area contributed by atoms with Gasteiger partial charge in [-0.15, -0.1) is 0 Å². The largest absolute Gasteiger partial charge is 0.467 e. The molecule has 0 bridgehead atoms. The second-order valence-electron chi connectivity index (χ2n) is 2.89. The van der Waals surface area contributed by atoms with E-state index in [0.29, 0.717) is 13.0 Å². The molecule has 0 spiro atoms. The minimum atomic E-state index is -0.463. The minimum Gasteiger partial charge on any atom is -0.467 e. The van der Waals surface area contributed by atoms with E-state index in [1.807, 2.05) is 18.2 Å². The highest BCUT2D eigenvalue weighted by atomic mass is 16.6. The summed E-state index contributed by atoms with van der Waals surface area (Å²) in [6, 6.07) is 9.15. The standard InChI is InChI=1S/C12H14O3/c1-3-9-15-11(12(13)14-2)10-7-5-4-6-8-10/h4-8H,1,3,9H2,2H3. The van der Waals surface area contributed by atoms with Crippen molar-refractivity contribution in [3.05, 3.63) is 48.9 Å². The number of rotatable bonds is 5. The molecule has 0 atom stereocenters. The van der Waals surface area contributed by atoms with Gasteiger partial charge >= 0.3 is 5.97 Å². The fourth-order valence-corrected chi connectivity index (χ4v) is 1.12. The van der Waals surface area contributed by atoms with Gasteiger partial charge in [0.05, 0.1) is 7.11 Å². The fraction of sp³-hybridized carbons (Fsp3) is 0.250. The summed E-state index contributed by atoms with van der Waals surface area (Å²) in [6.45, 7) is 4.05. The molecule has 0 saturated heterocycles. The van der Waals surface area contributed by atoms with Gasteiger partial charge in [-0.05, 0) is 12.0 Å². The van der Waals surface area contributed by atoms with E-state index in [2.05, 4.69) is 11.7 Å². The summed E-state index contributed by atoms with van der Waals surface area (Å²) in [5, 5.41) is 0. The van der Waals surface area contributed by atoms with Crippen LogP contribution in [0.25, 0.3) is 0 Å². The second-order valence-corrected chi connectivity index (χ2v) is 2.89. The lowest BCUT2D eigenvalue weighted by Crippen LogP contribution is -2.18. The SMILES string of the molecule is [CH2]CCO[C](C(=O)OC)c1ccccc1. The van der Waals surface area contributed by atoms with Crippen LogP contribution in [0.15, 0.2) is 30.3 Å². The minimum absolute atomic E-state index is 0.238. The average Bonchev–Trinajstić information content (AvgIpc) is 2.30. The molecular formula is C12H14O3. The smallest absolute Gasteiger partial charge is 0.347 e. The lowest BCUT2D eigenvalue weighted by Gasteiger charge is -2.13. The molecule has 0 heterocycles. The monoisotopic (exact) mass is 206 g/mol. The molecule has 80 valence electrons. The van der Waals surface area contributed by atoms with Crippen molar-refractivity contribution in [2.24, 2.45) is 0 Å². The van der Waals surface area contributed by atoms with Gasteiger partial charge in [0.25, 0.3) is 0 Å². The highest BCUT2D eigenvalue weighted by molar-refractivity contribution is 5.87. The molecule has 0 aliphatic rings. The van der Waals surface area contributed by atoms with E-state index in [4.69, 9.17) is 4.74 Å². The predicted molar refractivity (Wildman–Crippen MR) is 56.7 cm³/mol. The predicted octanol–water partition coefficient (Wildman–Crippen LogP) is 1.98. The quantitative estimate of drug-likeness (QED) is 0.691. The Morgan fingerprint density at radius 2 is 2.00 bits per heavy atom. The molecule has 0 aliphatic heterocycles. The van der Waals surface area contributed by atoms with E-state index in [-0.39, 0.29) is 6.10 Å². The van der Waals surface area contributed by atoms with Crippen LogP contribution in [-0.4, -0.2) is 19.7 Å². The van der Waals surface area contributed by atoms with Gasteiger partial charge in [0.15, 0.2) is 0 Å². The van der Waals surface area contributed by atoms with Crippen LogP contribution >= 0.6 is 0 Å². The Kier molecular flexibility index (Phi) is 4.84. The summed E-state index contributed by atoms with van der Waals surface area (Å²) in [7, 11) is 1.33. The zero-order chi connectivity index (χ0) is 11.1. The first-order valence-electron chi connectivity index (χ1n) is 4.72. The van der Waals surface area contributed by atoms with Crippen LogP contribution < -0.4 is 0 Å². The van der Waals surface area contributed by atoms with Gasteiger partial charge in [-0.3, -0.25) is 0 Å². The van der Waals surface area contributed by atoms with E-state index >= 15 is 0 Å². The highest BCUT2D eigenvalue weighted by Gasteiger charge is 2.23. The number of hydrogen-bond donors (Lipinski definition) is 0. The van der Waals surface area contributed by atoms with Crippen LogP contribution in [0.3, 0.4) is 0 Å². The van der Waals surface area contributed by atoms with E-state index in [1.54, 1.807) is 12.1 Å². The van der Waals surface area contributed by atoms with Crippen LogP contribution in [0.2, 0.25) is 0 Å². The molecule has 3 nitrogen and oxygen atoms in total. The zero-order valence-electron chi connectivity index (χ0n) is 8.73. The Labute approximate surface area is 90.0 Å². The second kappa shape index (κ2) is 6.19.